The maximum absolute atomic E-state index is 12.1. The number of benzene rings is 1. The highest BCUT2D eigenvalue weighted by atomic mass is 79.9. The van der Waals surface area contributed by atoms with Gasteiger partial charge < -0.3 is 9.73 Å². The number of para-hydroxylation sites is 1. The van der Waals surface area contributed by atoms with Gasteiger partial charge in [-0.25, -0.2) is 0 Å². The minimum absolute atomic E-state index is 0.126. The number of amides is 3. The van der Waals surface area contributed by atoms with E-state index in [2.05, 4.69) is 26.6 Å². The van der Waals surface area contributed by atoms with Gasteiger partial charge in [-0.05, 0) is 34.5 Å². The van der Waals surface area contributed by atoms with Crippen LogP contribution in [-0.4, -0.2) is 23.8 Å². The molecule has 2 aromatic rings. The van der Waals surface area contributed by atoms with Gasteiger partial charge in [0.2, 0.25) is 11.8 Å². The molecule has 1 aliphatic rings. The molecule has 0 spiro atoms. The summed E-state index contributed by atoms with van der Waals surface area (Å²) < 4.78 is 6.25. The molecule has 0 saturated carbocycles. The normalized spacial score (nSPS) is 18.6. The predicted octanol–water partition coefficient (Wildman–Crippen LogP) is 1.73. The molecule has 3 amide bonds. The molecule has 3 rings (SSSR count). The number of hydrogen-bond acceptors (Lipinski definition) is 4. The molecule has 0 aliphatic carbocycles. The van der Waals surface area contributed by atoms with E-state index in [1.807, 2.05) is 18.2 Å². The van der Waals surface area contributed by atoms with Gasteiger partial charge in [0.1, 0.15) is 11.6 Å². The summed E-state index contributed by atoms with van der Waals surface area (Å²) in [7, 11) is 0. The Morgan fingerprint density at radius 2 is 2.19 bits per heavy atom. The summed E-state index contributed by atoms with van der Waals surface area (Å²) in [4.78, 5) is 34.8. The molecule has 108 valence electrons. The third-order valence-electron chi connectivity index (χ3n) is 3.26. The van der Waals surface area contributed by atoms with Crippen LogP contribution >= 0.6 is 15.9 Å². The van der Waals surface area contributed by atoms with E-state index in [-0.39, 0.29) is 18.1 Å². The minimum atomic E-state index is -0.716. The van der Waals surface area contributed by atoms with Gasteiger partial charge in [-0.1, -0.05) is 12.1 Å². The zero-order valence-corrected chi connectivity index (χ0v) is 12.4. The first-order chi connectivity index (χ1) is 10.0. The number of halogens is 1. The molecule has 1 aromatic carbocycles. The Kier molecular flexibility index (Phi) is 3.50. The van der Waals surface area contributed by atoms with Gasteiger partial charge in [0.15, 0.2) is 5.76 Å². The molecule has 1 atom stereocenters. The van der Waals surface area contributed by atoms with E-state index in [0.717, 1.165) is 9.86 Å². The molecule has 1 saturated heterocycles. The van der Waals surface area contributed by atoms with E-state index >= 15 is 0 Å². The van der Waals surface area contributed by atoms with Crippen LogP contribution in [0.4, 0.5) is 0 Å². The Labute approximate surface area is 128 Å². The van der Waals surface area contributed by atoms with Crippen LogP contribution in [0.25, 0.3) is 11.0 Å². The van der Waals surface area contributed by atoms with Crippen molar-refractivity contribution in [2.24, 2.45) is 0 Å². The Hall–Kier alpha value is -2.15. The van der Waals surface area contributed by atoms with Crippen molar-refractivity contribution < 1.29 is 18.8 Å². The number of furan rings is 1. The first kappa shape index (κ1) is 13.8. The van der Waals surface area contributed by atoms with Gasteiger partial charge in [0.25, 0.3) is 5.91 Å². The third kappa shape index (κ3) is 2.69. The van der Waals surface area contributed by atoms with E-state index < -0.39 is 17.9 Å². The number of rotatable bonds is 2. The molecule has 1 aromatic heterocycles. The summed E-state index contributed by atoms with van der Waals surface area (Å²) in [6.45, 7) is 0. The van der Waals surface area contributed by atoms with Crippen LogP contribution in [0.2, 0.25) is 0 Å². The van der Waals surface area contributed by atoms with Gasteiger partial charge in [0, 0.05) is 11.8 Å². The average Bonchev–Trinajstić information content (AvgIpc) is 2.87. The molecule has 1 aliphatic heterocycles. The lowest BCUT2D eigenvalue weighted by Crippen LogP contribution is -2.52. The molecule has 0 radical (unpaired) electrons. The summed E-state index contributed by atoms with van der Waals surface area (Å²) >= 11 is 3.35. The van der Waals surface area contributed by atoms with Gasteiger partial charge in [-0.2, -0.15) is 0 Å². The molecule has 2 heterocycles. The molecule has 6 nitrogen and oxygen atoms in total. The van der Waals surface area contributed by atoms with Gasteiger partial charge >= 0.3 is 0 Å². The molecular weight excluding hydrogens is 340 g/mol. The minimum Gasteiger partial charge on any atom is -0.450 e. The zero-order valence-electron chi connectivity index (χ0n) is 10.8. The topological polar surface area (TPSA) is 88.4 Å². The molecular formula is C14H11BrN2O4. The number of piperidine rings is 1. The fourth-order valence-corrected chi connectivity index (χ4v) is 2.66. The van der Waals surface area contributed by atoms with Crippen LogP contribution < -0.4 is 10.6 Å². The SMILES string of the molecule is O=C1CCC(NC(=O)c2cc3cccc(Br)c3o2)C(=O)N1. The van der Waals surface area contributed by atoms with Crippen molar-refractivity contribution in [2.45, 2.75) is 18.9 Å². The molecule has 0 bridgehead atoms. The van der Waals surface area contributed by atoms with Gasteiger partial charge in [-0.15, -0.1) is 0 Å². The highest BCUT2D eigenvalue weighted by molar-refractivity contribution is 9.10. The summed E-state index contributed by atoms with van der Waals surface area (Å²) in [5.74, 6) is -1.16. The van der Waals surface area contributed by atoms with Crippen LogP contribution in [-0.2, 0) is 9.59 Å². The number of carbonyl (C=O) groups excluding carboxylic acids is 3. The molecule has 7 heteroatoms. The Balaban J connectivity index is 1.79. The van der Waals surface area contributed by atoms with Crippen LogP contribution in [0.15, 0.2) is 33.2 Å². The number of fused-ring (bicyclic) bond motifs is 1. The van der Waals surface area contributed by atoms with Crippen LogP contribution in [0.1, 0.15) is 23.4 Å². The lowest BCUT2D eigenvalue weighted by molar-refractivity contribution is -0.134. The maximum atomic E-state index is 12.1. The maximum Gasteiger partial charge on any atom is 0.287 e. The predicted molar refractivity (Wildman–Crippen MR) is 77.6 cm³/mol. The highest BCUT2D eigenvalue weighted by Crippen LogP contribution is 2.27. The lowest BCUT2D eigenvalue weighted by atomic mass is 10.1. The monoisotopic (exact) mass is 350 g/mol. The van der Waals surface area contributed by atoms with Crippen LogP contribution in [0.3, 0.4) is 0 Å². The van der Waals surface area contributed by atoms with E-state index in [1.54, 1.807) is 6.07 Å². The van der Waals surface area contributed by atoms with Crippen molar-refractivity contribution in [1.29, 1.82) is 0 Å². The van der Waals surface area contributed by atoms with Gasteiger partial charge in [-0.3, -0.25) is 19.7 Å². The van der Waals surface area contributed by atoms with Crippen molar-refractivity contribution >= 4 is 44.6 Å². The molecule has 2 N–H and O–H groups in total. The summed E-state index contributed by atoms with van der Waals surface area (Å²) in [6.07, 6.45) is 0.503. The zero-order chi connectivity index (χ0) is 15.0. The molecule has 1 unspecified atom stereocenters. The second-order valence-electron chi connectivity index (χ2n) is 4.75. The third-order valence-corrected chi connectivity index (χ3v) is 3.89. The standard InChI is InChI=1S/C14H11BrN2O4/c15-8-3-1-2-7-6-10(21-12(7)8)14(20)16-9-4-5-11(18)17-13(9)19/h1-3,6,9H,4-5H2,(H,16,20)(H,17,18,19). The Morgan fingerprint density at radius 1 is 1.38 bits per heavy atom. The second kappa shape index (κ2) is 5.33. The first-order valence-corrected chi connectivity index (χ1v) is 7.16. The Bertz CT molecular complexity index is 753. The Morgan fingerprint density at radius 3 is 2.90 bits per heavy atom. The van der Waals surface area contributed by atoms with Crippen molar-refractivity contribution in [1.82, 2.24) is 10.6 Å². The fraction of sp³-hybridized carbons (Fsp3) is 0.214. The van der Waals surface area contributed by atoms with E-state index in [1.165, 1.54) is 0 Å². The largest absolute Gasteiger partial charge is 0.450 e. The smallest absolute Gasteiger partial charge is 0.287 e. The second-order valence-corrected chi connectivity index (χ2v) is 5.60. The summed E-state index contributed by atoms with van der Waals surface area (Å²) in [5, 5.41) is 5.55. The van der Waals surface area contributed by atoms with Crippen LogP contribution in [0, 0.1) is 0 Å². The van der Waals surface area contributed by atoms with Crippen molar-refractivity contribution in [3.8, 4) is 0 Å². The highest BCUT2D eigenvalue weighted by Gasteiger charge is 2.29. The van der Waals surface area contributed by atoms with Crippen molar-refractivity contribution in [3.05, 3.63) is 34.5 Å². The van der Waals surface area contributed by atoms with Gasteiger partial charge in [0.05, 0.1) is 4.47 Å². The van der Waals surface area contributed by atoms with E-state index in [9.17, 15) is 14.4 Å². The summed E-state index contributed by atoms with van der Waals surface area (Å²) in [6, 6.07) is 6.37. The van der Waals surface area contributed by atoms with Crippen molar-refractivity contribution in [3.63, 3.8) is 0 Å². The first-order valence-electron chi connectivity index (χ1n) is 6.37. The fourth-order valence-electron chi connectivity index (χ4n) is 2.20. The van der Waals surface area contributed by atoms with Crippen molar-refractivity contribution in [2.75, 3.05) is 0 Å². The number of nitrogens with one attached hydrogen (secondary N) is 2. The molecule has 1 fully saturated rings. The van der Waals surface area contributed by atoms with Crippen LogP contribution in [0.5, 0.6) is 0 Å². The lowest BCUT2D eigenvalue weighted by Gasteiger charge is -2.21. The average molecular weight is 351 g/mol. The number of carbonyl (C=O) groups is 3. The number of imide groups is 1. The summed E-state index contributed by atoms with van der Waals surface area (Å²) in [5.41, 5.74) is 0.575. The number of hydrogen-bond donors (Lipinski definition) is 2. The molecule has 21 heavy (non-hydrogen) atoms. The van der Waals surface area contributed by atoms with E-state index in [0.29, 0.717) is 12.0 Å². The van der Waals surface area contributed by atoms with E-state index in [4.69, 9.17) is 4.42 Å². The quantitative estimate of drug-likeness (QED) is 0.807.